The fourth-order valence-electron chi connectivity index (χ4n) is 3.65. The molecule has 3 heterocycles. The van der Waals surface area contributed by atoms with Gasteiger partial charge in [-0.05, 0) is 56.6 Å². The monoisotopic (exact) mass is 295 g/mol. The zero-order valence-corrected chi connectivity index (χ0v) is 13.1. The van der Waals surface area contributed by atoms with Crippen LogP contribution in [0.15, 0.2) is 37.1 Å². The third-order valence-corrected chi connectivity index (χ3v) is 5.14. The smallest absolute Gasteiger partial charge is 0.137 e. The van der Waals surface area contributed by atoms with Gasteiger partial charge in [0.15, 0.2) is 0 Å². The number of fused-ring (bicyclic) bond motifs is 1. The molecule has 2 aromatic heterocycles. The Bertz CT molecular complexity index is 789. The molecule has 0 radical (unpaired) electrons. The van der Waals surface area contributed by atoms with E-state index in [2.05, 4.69) is 58.3 Å². The molecule has 1 aliphatic rings. The summed E-state index contributed by atoms with van der Waals surface area (Å²) in [4.78, 5) is 9.92. The van der Waals surface area contributed by atoms with E-state index in [4.69, 9.17) is 0 Å². The van der Waals surface area contributed by atoms with Crippen molar-refractivity contribution in [3.8, 4) is 0 Å². The molecule has 1 fully saturated rings. The van der Waals surface area contributed by atoms with Crippen molar-refractivity contribution in [3.63, 3.8) is 0 Å². The third-order valence-electron chi connectivity index (χ3n) is 5.14. The van der Waals surface area contributed by atoms with Crippen molar-refractivity contribution in [2.45, 2.75) is 31.8 Å². The Balaban J connectivity index is 1.77. The van der Waals surface area contributed by atoms with E-state index in [9.17, 15) is 0 Å². The van der Waals surface area contributed by atoms with Gasteiger partial charge in [-0.3, -0.25) is 4.90 Å². The van der Waals surface area contributed by atoms with E-state index in [1.807, 2.05) is 4.68 Å². The number of nitrogens with one attached hydrogen (secondary N) is 1. The number of hydrogen-bond donors (Lipinski definition) is 1. The summed E-state index contributed by atoms with van der Waals surface area (Å²) in [6.45, 7) is 4.28. The summed E-state index contributed by atoms with van der Waals surface area (Å²) in [5.74, 6) is 0. The molecule has 0 amide bonds. The summed E-state index contributed by atoms with van der Waals surface area (Å²) < 4.78 is 1.86. The first kappa shape index (κ1) is 13.5. The average Bonchev–Trinajstić information content (AvgIpc) is 3.21. The van der Waals surface area contributed by atoms with Gasteiger partial charge in [-0.1, -0.05) is 6.07 Å². The van der Waals surface area contributed by atoms with Crippen molar-refractivity contribution in [3.05, 3.63) is 48.2 Å². The predicted molar refractivity (Wildman–Crippen MR) is 86.6 cm³/mol. The lowest BCUT2D eigenvalue weighted by atomic mass is 9.89. The Morgan fingerprint density at radius 1 is 1.36 bits per heavy atom. The molecular weight excluding hydrogens is 274 g/mol. The number of nitrogens with zero attached hydrogens (tertiary/aromatic N) is 4. The number of hydrogen-bond acceptors (Lipinski definition) is 3. The van der Waals surface area contributed by atoms with E-state index in [-0.39, 0.29) is 5.54 Å². The summed E-state index contributed by atoms with van der Waals surface area (Å²) in [6, 6.07) is 6.62. The number of likely N-dealkylation sites (tertiary alicyclic amines) is 1. The Morgan fingerprint density at radius 3 is 3.00 bits per heavy atom. The van der Waals surface area contributed by atoms with Crippen molar-refractivity contribution >= 4 is 10.9 Å². The summed E-state index contributed by atoms with van der Waals surface area (Å²) in [6.07, 6.45) is 8.00. The van der Waals surface area contributed by atoms with Gasteiger partial charge < -0.3 is 4.98 Å². The van der Waals surface area contributed by atoms with Gasteiger partial charge in [0.1, 0.15) is 12.7 Å². The topological polar surface area (TPSA) is 49.7 Å². The van der Waals surface area contributed by atoms with Gasteiger partial charge in [-0.25, -0.2) is 9.67 Å². The fraction of sp³-hybridized carbons (Fsp3) is 0.412. The molecule has 0 spiro atoms. The second-order valence-electron chi connectivity index (χ2n) is 6.47. The normalized spacial score (nSPS) is 22.6. The van der Waals surface area contributed by atoms with Gasteiger partial charge in [0, 0.05) is 22.6 Å². The van der Waals surface area contributed by atoms with Crippen LogP contribution in [0, 0.1) is 0 Å². The van der Waals surface area contributed by atoms with Gasteiger partial charge in [-0.2, -0.15) is 5.10 Å². The number of rotatable bonds is 3. The maximum Gasteiger partial charge on any atom is 0.137 e. The van der Waals surface area contributed by atoms with Crippen molar-refractivity contribution in [2.75, 3.05) is 13.6 Å². The highest BCUT2D eigenvalue weighted by Crippen LogP contribution is 2.40. The van der Waals surface area contributed by atoms with E-state index < -0.39 is 0 Å². The zero-order valence-electron chi connectivity index (χ0n) is 13.1. The van der Waals surface area contributed by atoms with Crippen molar-refractivity contribution in [2.24, 2.45) is 0 Å². The maximum atomic E-state index is 4.19. The molecule has 0 saturated carbocycles. The Morgan fingerprint density at radius 2 is 2.27 bits per heavy atom. The van der Waals surface area contributed by atoms with Gasteiger partial charge in [0.25, 0.3) is 0 Å². The molecule has 1 saturated heterocycles. The molecule has 1 N–H and O–H groups in total. The molecule has 4 rings (SSSR count). The maximum absolute atomic E-state index is 4.19. The highest BCUT2D eigenvalue weighted by Gasteiger charge is 2.37. The minimum absolute atomic E-state index is 0.129. The molecule has 1 unspecified atom stereocenters. The number of aromatic amines is 1. The minimum Gasteiger partial charge on any atom is -0.361 e. The quantitative estimate of drug-likeness (QED) is 0.808. The molecular formula is C17H21N5. The van der Waals surface area contributed by atoms with Crippen LogP contribution in [0.25, 0.3) is 10.9 Å². The fourth-order valence-corrected chi connectivity index (χ4v) is 3.65. The standard InChI is InChI=1S/C17H21N5/c1-17(6-3-7-21(17)2)15-9-19-16-5-4-13(8-14(15)16)10-22-12-18-11-20-22/h4-5,8-9,11-12,19H,3,6-7,10H2,1-2H3. The van der Waals surface area contributed by atoms with Crippen LogP contribution in [0.4, 0.5) is 0 Å². The number of benzene rings is 1. The van der Waals surface area contributed by atoms with Crippen LogP contribution < -0.4 is 0 Å². The van der Waals surface area contributed by atoms with Crippen molar-refractivity contribution in [1.29, 1.82) is 0 Å². The highest BCUT2D eigenvalue weighted by atomic mass is 15.3. The van der Waals surface area contributed by atoms with Crippen LogP contribution in [0.3, 0.4) is 0 Å². The molecule has 1 atom stereocenters. The lowest BCUT2D eigenvalue weighted by molar-refractivity contribution is 0.199. The second kappa shape index (κ2) is 4.95. The first-order valence-electron chi connectivity index (χ1n) is 7.81. The Hall–Kier alpha value is -2.14. The first-order valence-corrected chi connectivity index (χ1v) is 7.81. The lowest BCUT2D eigenvalue weighted by Crippen LogP contribution is -2.35. The Labute approximate surface area is 130 Å². The Kier molecular flexibility index (Phi) is 3.04. The molecule has 22 heavy (non-hydrogen) atoms. The van der Waals surface area contributed by atoms with E-state index in [1.165, 1.54) is 41.4 Å². The van der Waals surface area contributed by atoms with Crippen LogP contribution in [0.1, 0.15) is 30.9 Å². The molecule has 5 nitrogen and oxygen atoms in total. The van der Waals surface area contributed by atoms with E-state index in [1.54, 1.807) is 12.7 Å². The summed E-state index contributed by atoms with van der Waals surface area (Å²) in [5, 5.41) is 5.52. The van der Waals surface area contributed by atoms with Crippen LogP contribution in [-0.2, 0) is 12.1 Å². The van der Waals surface area contributed by atoms with Gasteiger partial charge in [0.05, 0.1) is 6.54 Å². The summed E-state index contributed by atoms with van der Waals surface area (Å²) >= 11 is 0. The van der Waals surface area contributed by atoms with Crippen LogP contribution >= 0.6 is 0 Å². The van der Waals surface area contributed by atoms with Gasteiger partial charge in [-0.15, -0.1) is 0 Å². The molecule has 114 valence electrons. The molecule has 0 aliphatic carbocycles. The lowest BCUT2D eigenvalue weighted by Gasteiger charge is -2.32. The third kappa shape index (κ3) is 2.04. The number of aromatic nitrogens is 4. The number of H-pyrrole nitrogens is 1. The molecule has 1 aromatic carbocycles. The average molecular weight is 295 g/mol. The first-order chi connectivity index (χ1) is 10.7. The van der Waals surface area contributed by atoms with E-state index in [0.717, 1.165) is 6.54 Å². The summed E-state index contributed by atoms with van der Waals surface area (Å²) in [7, 11) is 2.23. The molecule has 3 aromatic rings. The van der Waals surface area contributed by atoms with Crippen LogP contribution in [0.5, 0.6) is 0 Å². The highest BCUT2D eigenvalue weighted by molar-refractivity contribution is 5.85. The van der Waals surface area contributed by atoms with E-state index >= 15 is 0 Å². The predicted octanol–water partition coefficient (Wildman–Crippen LogP) is 2.75. The SMILES string of the molecule is CN1CCCC1(C)c1c[nH]c2ccc(Cn3cncn3)cc12. The van der Waals surface area contributed by atoms with Crippen LogP contribution in [0.2, 0.25) is 0 Å². The summed E-state index contributed by atoms with van der Waals surface area (Å²) in [5.41, 5.74) is 3.99. The molecule has 5 heteroatoms. The molecule has 0 bridgehead atoms. The molecule has 1 aliphatic heterocycles. The largest absolute Gasteiger partial charge is 0.361 e. The van der Waals surface area contributed by atoms with Crippen molar-refractivity contribution in [1.82, 2.24) is 24.6 Å². The minimum atomic E-state index is 0.129. The van der Waals surface area contributed by atoms with Gasteiger partial charge >= 0.3 is 0 Å². The van der Waals surface area contributed by atoms with Crippen LogP contribution in [-0.4, -0.2) is 38.2 Å². The zero-order chi connectivity index (χ0) is 15.2. The van der Waals surface area contributed by atoms with E-state index in [0.29, 0.717) is 0 Å². The van der Waals surface area contributed by atoms with Gasteiger partial charge in [0.2, 0.25) is 0 Å². The van der Waals surface area contributed by atoms with Crippen molar-refractivity contribution < 1.29 is 0 Å². The second-order valence-corrected chi connectivity index (χ2v) is 6.47.